The fourth-order valence-electron chi connectivity index (χ4n) is 4.06. The van der Waals surface area contributed by atoms with Gasteiger partial charge < -0.3 is 19.4 Å². The van der Waals surface area contributed by atoms with Gasteiger partial charge in [-0.3, -0.25) is 9.59 Å². The van der Waals surface area contributed by atoms with Crippen LogP contribution in [0.15, 0.2) is 84.0 Å². The number of hydrogen-bond acceptors (Lipinski definition) is 5. The highest BCUT2D eigenvalue weighted by molar-refractivity contribution is 5.95. The monoisotopic (exact) mass is 524 g/mol. The second-order valence-electron chi connectivity index (χ2n) is 9.04. The molecule has 0 aliphatic carbocycles. The minimum absolute atomic E-state index is 0.168. The Hall–Kier alpha value is -4.85. The van der Waals surface area contributed by atoms with Gasteiger partial charge >= 0.3 is 0 Å². The normalized spacial score (nSPS) is 10.9. The first-order chi connectivity index (χ1) is 18.8. The summed E-state index contributed by atoms with van der Waals surface area (Å²) in [6.07, 6.45) is 1.53. The van der Waals surface area contributed by atoms with Crippen LogP contribution >= 0.6 is 0 Å². The Morgan fingerprint density at radius 3 is 2.33 bits per heavy atom. The Morgan fingerprint density at radius 1 is 0.872 bits per heavy atom. The molecule has 0 saturated heterocycles. The lowest BCUT2D eigenvalue weighted by molar-refractivity contribution is -0.118. The molecule has 1 heterocycles. The third kappa shape index (κ3) is 7.13. The zero-order valence-electron chi connectivity index (χ0n) is 22.5. The van der Waals surface area contributed by atoms with Crippen LogP contribution in [0.2, 0.25) is 0 Å². The van der Waals surface area contributed by atoms with E-state index in [2.05, 4.69) is 20.4 Å². The molecule has 0 spiro atoms. The Bertz CT molecular complexity index is 1470. The zero-order valence-corrected chi connectivity index (χ0v) is 22.5. The number of hydrazone groups is 1. The molecular weight excluding hydrogens is 492 g/mol. The van der Waals surface area contributed by atoms with Crippen LogP contribution in [0.5, 0.6) is 11.5 Å². The minimum Gasteiger partial charge on any atom is -0.490 e. The number of carbonyl (C=O) groups is 2. The van der Waals surface area contributed by atoms with E-state index < -0.39 is 0 Å². The molecule has 0 radical (unpaired) electrons. The van der Waals surface area contributed by atoms with Crippen molar-refractivity contribution in [3.8, 4) is 17.2 Å². The van der Waals surface area contributed by atoms with Gasteiger partial charge in [-0.05, 0) is 93.9 Å². The molecule has 0 aliphatic heterocycles. The fourth-order valence-corrected chi connectivity index (χ4v) is 4.06. The average molecular weight is 525 g/mol. The SMILES string of the molecule is CCOc1cc(/C=N\NC(=O)c2cccc(-n3c(C)ccc3C)c2)ccc1OCC(=O)Nc1ccc(C)cc1. The lowest BCUT2D eigenvalue weighted by atomic mass is 10.2. The summed E-state index contributed by atoms with van der Waals surface area (Å²) < 4.78 is 13.5. The van der Waals surface area contributed by atoms with Crippen LogP contribution in [0, 0.1) is 20.8 Å². The maximum atomic E-state index is 12.7. The number of aryl methyl sites for hydroxylation is 3. The van der Waals surface area contributed by atoms with E-state index >= 15 is 0 Å². The minimum atomic E-state index is -0.319. The molecule has 2 N–H and O–H groups in total. The van der Waals surface area contributed by atoms with Crippen LogP contribution in [0.1, 0.15) is 39.8 Å². The third-order valence-electron chi connectivity index (χ3n) is 5.98. The van der Waals surface area contributed by atoms with E-state index in [-0.39, 0.29) is 18.4 Å². The van der Waals surface area contributed by atoms with Crippen LogP contribution < -0.4 is 20.2 Å². The Labute approximate surface area is 228 Å². The summed E-state index contributed by atoms with van der Waals surface area (Å²) in [7, 11) is 0. The predicted octanol–water partition coefficient (Wildman–Crippen LogP) is 5.58. The summed E-state index contributed by atoms with van der Waals surface area (Å²) in [6.45, 7) is 8.14. The molecule has 0 unspecified atom stereocenters. The molecule has 4 rings (SSSR count). The molecule has 1 aromatic heterocycles. The number of carbonyl (C=O) groups excluding carboxylic acids is 2. The number of nitrogens with zero attached hydrogens (tertiary/aromatic N) is 2. The van der Waals surface area contributed by atoms with Gasteiger partial charge in [0.2, 0.25) is 0 Å². The van der Waals surface area contributed by atoms with Crippen molar-refractivity contribution in [1.29, 1.82) is 0 Å². The van der Waals surface area contributed by atoms with E-state index in [1.54, 1.807) is 24.3 Å². The smallest absolute Gasteiger partial charge is 0.271 e. The number of amides is 2. The van der Waals surface area contributed by atoms with Gasteiger partial charge in [-0.2, -0.15) is 5.10 Å². The van der Waals surface area contributed by atoms with Gasteiger partial charge in [-0.15, -0.1) is 0 Å². The second-order valence-corrected chi connectivity index (χ2v) is 9.04. The zero-order chi connectivity index (χ0) is 27.8. The number of hydrogen-bond donors (Lipinski definition) is 2. The van der Waals surface area contributed by atoms with Gasteiger partial charge in [-0.25, -0.2) is 5.43 Å². The number of anilines is 1. The first-order valence-electron chi connectivity index (χ1n) is 12.7. The van der Waals surface area contributed by atoms with E-state index in [1.807, 2.05) is 82.3 Å². The molecule has 0 saturated carbocycles. The third-order valence-corrected chi connectivity index (χ3v) is 5.98. The lowest BCUT2D eigenvalue weighted by Gasteiger charge is -2.13. The highest BCUT2D eigenvalue weighted by Crippen LogP contribution is 2.28. The molecule has 0 aliphatic rings. The molecule has 0 fully saturated rings. The van der Waals surface area contributed by atoms with Crippen LogP contribution in [0.3, 0.4) is 0 Å². The summed E-state index contributed by atoms with van der Waals surface area (Å²) in [5.41, 5.74) is 8.68. The Balaban J connectivity index is 1.37. The van der Waals surface area contributed by atoms with Crippen LogP contribution in [0.25, 0.3) is 5.69 Å². The maximum Gasteiger partial charge on any atom is 0.271 e. The molecule has 39 heavy (non-hydrogen) atoms. The van der Waals surface area contributed by atoms with Crippen LogP contribution in [0.4, 0.5) is 5.69 Å². The molecule has 2 amide bonds. The summed E-state index contributed by atoms with van der Waals surface area (Å²) in [6, 6.07) is 24.2. The molecule has 0 atom stereocenters. The number of nitrogens with one attached hydrogen (secondary N) is 2. The van der Waals surface area contributed by atoms with Gasteiger partial charge in [0.05, 0.1) is 12.8 Å². The van der Waals surface area contributed by atoms with Crippen molar-refractivity contribution < 1.29 is 19.1 Å². The Morgan fingerprint density at radius 2 is 1.62 bits per heavy atom. The average Bonchev–Trinajstić information content (AvgIpc) is 3.27. The standard InChI is InChI=1S/C31H32N4O4/c1-5-38-29-17-24(13-16-28(29)39-20-30(36)33-26-14-9-21(2)10-15-26)19-32-34-31(37)25-7-6-8-27(18-25)35-22(3)11-12-23(35)4/h6-19H,5,20H2,1-4H3,(H,33,36)(H,34,37)/b32-19-. The van der Waals surface area contributed by atoms with Crippen molar-refractivity contribution in [3.63, 3.8) is 0 Å². The van der Waals surface area contributed by atoms with E-state index in [4.69, 9.17) is 9.47 Å². The topological polar surface area (TPSA) is 93.9 Å². The summed E-state index contributed by atoms with van der Waals surface area (Å²) in [4.78, 5) is 25.0. The summed E-state index contributed by atoms with van der Waals surface area (Å²) >= 11 is 0. The van der Waals surface area contributed by atoms with Crippen molar-refractivity contribution in [2.75, 3.05) is 18.5 Å². The molecule has 8 heteroatoms. The van der Waals surface area contributed by atoms with Gasteiger partial charge in [0.15, 0.2) is 18.1 Å². The Kier molecular flexibility index (Phi) is 8.78. The maximum absolute atomic E-state index is 12.7. The molecule has 4 aromatic rings. The quantitative estimate of drug-likeness (QED) is 0.209. The number of rotatable bonds is 10. The van der Waals surface area contributed by atoms with E-state index in [0.717, 1.165) is 22.6 Å². The van der Waals surface area contributed by atoms with Gasteiger partial charge in [-0.1, -0.05) is 23.8 Å². The van der Waals surface area contributed by atoms with Crippen molar-refractivity contribution >= 4 is 23.7 Å². The molecule has 8 nitrogen and oxygen atoms in total. The largest absolute Gasteiger partial charge is 0.490 e. The van der Waals surface area contributed by atoms with Crippen molar-refractivity contribution in [2.24, 2.45) is 5.10 Å². The number of aromatic nitrogens is 1. The highest BCUT2D eigenvalue weighted by Gasteiger charge is 2.11. The van der Waals surface area contributed by atoms with Gasteiger partial charge in [0.25, 0.3) is 11.8 Å². The van der Waals surface area contributed by atoms with Crippen molar-refractivity contribution in [2.45, 2.75) is 27.7 Å². The van der Waals surface area contributed by atoms with Crippen molar-refractivity contribution in [3.05, 3.63) is 107 Å². The van der Waals surface area contributed by atoms with Gasteiger partial charge in [0.1, 0.15) is 0 Å². The van der Waals surface area contributed by atoms with Crippen molar-refractivity contribution in [1.82, 2.24) is 9.99 Å². The van der Waals surface area contributed by atoms with E-state index in [0.29, 0.717) is 34.9 Å². The molecule has 0 bridgehead atoms. The first-order valence-corrected chi connectivity index (χ1v) is 12.7. The first kappa shape index (κ1) is 27.2. The second kappa shape index (κ2) is 12.6. The van der Waals surface area contributed by atoms with Crippen LogP contribution in [-0.2, 0) is 4.79 Å². The number of benzene rings is 3. The molecular formula is C31H32N4O4. The van der Waals surface area contributed by atoms with Gasteiger partial charge in [0, 0.05) is 28.3 Å². The lowest BCUT2D eigenvalue weighted by Crippen LogP contribution is -2.20. The molecule has 3 aromatic carbocycles. The highest BCUT2D eigenvalue weighted by atomic mass is 16.5. The van der Waals surface area contributed by atoms with E-state index in [9.17, 15) is 9.59 Å². The number of ether oxygens (including phenoxy) is 2. The summed E-state index contributed by atoms with van der Waals surface area (Å²) in [5.74, 6) is 0.312. The fraction of sp³-hybridized carbons (Fsp3) is 0.194. The van der Waals surface area contributed by atoms with E-state index in [1.165, 1.54) is 6.21 Å². The molecule has 200 valence electrons. The predicted molar refractivity (Wildman–Crippen MR) is 153 cm³/mol. The summed E-state index contributed by atoms with van der Waals surface area (Å²) in [5, 5.41) is 6.92. The van der Waals surface area contributed by atoms with Crippen LogP contribution in [-0.4, -0.2) is 35.8 Å².